The molecule has 0 radical (unpaired) electrons. The summed E-state index contributed by atoms with van der Waals surface area (Å²) in [7, 11) is 3.79. The van der Waals surface area contributed by atoms with Crippen LogP contribution >= 0.6 is 0 Å². The van der Waals surface area contributed by atoms with Gasteiger partial charge in [-0.1, -0.05) is 140 Å². The highest BCUT2D eigenvalue weighted by Gasteiger charge is 2.59. The highest BCUT2D eigenvalue weighted by molar-refractivity contribution is 6.08. The van der Waals surface area contributed by atoms with Crippen molar-refractivity contribution in [3.63, 3.8) is 0 Å². The van der Waals surface area contributed by atoms with Gasteiger partial charge in [0, 0.05) is 38.8 Å². The second-order valence-corrected chi connectivity index (χ2v) is 18.6. The third-order valence-corrected chi connectivity index (χ3v) is 12.3. The van der Waals surface area contributed by atoms with Crippen molar-refractivity contribution in [2.24, 2.45) is 0 Å². The molecule has 0 aliphatic carbocycles. The molecule has 0 saturated carbocycles. The number of rotatable bonds is 43. The Balaban J connectivity index is 1.61. The molecule has 65 heavy (non-hydrogen) atoms. The second-order valence-electron chi connectivity index (χ2n) is 18.6. The summed E-state index contributed by atoms with van der Waals surface area (Å²) < 4.78 is 23.7. The normalized spacial score (nSPS) is 17.3. The van der Waals surface area contributed by atoms with Crippen LogP contribution in [0.25, 0.3) is 0 Å². The van der Waals surface area contributed by atoms with E-state index in [1.807, 2.05) is 19.0 Å². The van der Waals surface area contributed by atoms with E-state index in [4.69, 9.17) is 18.9 Å². The molecule has 2 heterocycles. The number of likely N-dealkylation sites (tertiary alicyclic amines) is 1. The van der Waals surface area contributed by atoms with Crippen molar-refractivity contribution in [2.45, 2.75) is 237 Å². The lowest BCUT2D eigenvalue weighted by molar-refractivity contribution is -0.199. The molecule has 0 aromatic heterocycles. The average Bonchev–Trinajstić information content (AvgIpc) is 3.77. The molecule has 10 nitrogen and oxygen atoms in total. The SMILES string of the molecule is CCCCC/C=C\C/C=C\CCCCCCCCOC(=O)CCCCC1(CCCCC(=O)OCCCCCCCC/C=C\C/C=C\CCCCC)OC2C(=O)N(CCN(C)C)C(=O)C2O1. The molecule has 2 aliphatic rings. The molecule has 2 atom stereocenters. The molecule has 2 saturated heterocycles. The zero-order chi connectivity index (χ0) is 47.1. The van der Waals surface area contributed by atoms with Gasteiger partial charge >= 0.3 is 11.9 Å². The van der Waals surface area contributed by atoms with E-state index < -0.39 is 18.0 Å². The van der Waals surface area contributed by atoms with Gasteiger partial charge in [-0.3, -0.25) is 24.1 Å². The summed E-state index contributed by atoms with van der Waals surface area (Å²) in [6.45, 7) is 6.21. The standard InChI is InChI=1S/C55H94N2O8/c1-5-7-9-11-13-15-17-19-21-23-25-27-29-31-33-39-47-62-49(58)41-35-37-43-55(64-51-52(65-55)54(61)57(53(51)60)46-45-56(3)4)44-38-36-42-50(59)63-48-40-34-32-30-28-26-24-22-20-18-16-14-12-10-8-6-2/h13-16,19-22,51-52H,5-12,17-18,23-48H2,1-4H3/b15-13-,16-14-,21-19-,22-20-. The Morgan fingerprint density at radius 2 is 0.892 bits per heavy atom. The fourth-order valence-corrected chi connectivity index (χ4v) is 8.30. The minimum Gasteiger partial charge on any atom is -0.466 e. The van der Waals surface area contributed by atoms with Crippen LogP contribution in [-0.2, 0) is 38.1 Å². The number of hydrogen-bond donors (Lipinski definition) is 0. The van der Waals surface area contributed by atoms with Crippen molar-refractivity contribution in [3.05, 3.63) is 48.6 Å². The molecule has 2 fully saturated rings. The van der Waals surface area contributed by atoms with Gasteiger partial charge in [-0.05, 0) is 117 Å². The van der Waals surface area contributed by atoms with E-state index in [9.17, 15) is 19.2 Å². The molecule has 0 spiro atoms. The molecule has 0 aromatic carbocycles. The topological polar surface area (TPSA) is 112 Å². The van der Waals surface area contributed by atoms with Gasteiger partial charge < -0.3 is 23.8 Å². The first-order valence-corrected chi connectivity index (χ1v) is 26.5. The van der Waals surface area contributed by atoms with Crippen LogP contribution in [0, 0.1) is 0 Å². The number of ether oxygens (including phenoxy) is 4. The van der Waals surface area contributed by atoms with Crippen molar-refractivity contribution in [1.82, 2.24) is 9.80 Å². The lowest BCUT2D eigenvalue weighted by Gasteiger charge is -2.30. The number of unbranched alkanes of at least 4 members (excludes halogenated alkanes) is 20. The van der Waals surface area contributed by atoms with E-state index in [1.54, 1.807) is 0 Å². The molecular formula is C55H94N2O8. The monoisotopic (exact) mass is 911 g/mol. The number of fused-ring (bicyclic) bond motifs is 1. The van der Waals surface area contributed by atoms with Gasteiger partial charge in [-0.15, -0.1) is 0 Å². The van der Waals surface area contributed by atoms with Gasteiger partial charge in [0.15, 0.2) is 18.0 Å². The molecule has 2 rings (SSSR count). The fraction of sp³-hybridized carbons (Fsp3) is 0.782. The summed E-state index contributed by atoms with van der Waals surface area (Å²) in [5.41, 5.74) is 0. The van der Waals surface area contributed by atoms with Gasteiger partial charge in [-0.2, -0.15) is 0 Å². The van der Waals surface area contributed by atoms with Crippen LogP contribution in [0.15, 0.2) is 48.6 Å². The Bertz CT molecular complexity index is 1280. The second kappa shape index (κ2) is 39.0. The maximum atomic E-state index is 13.3. The van der Waals surface area contributed by atoms with Crippen molar-refractivity contribution >= 4 is 23.8 Å². The molecule has 10 heteroatoms. The Morgan fingerprint density at radius 3 is 1.28 bits per heavy atom. The Morgan fingerprint density at radius 1 is 0.523 bits per heavy atom. The minimum atomic E-state index is -1.12. The summed E-state index contributed by atoms with van der Waals surface area (Å²) in [6, 6.07) is 0. The molecule has 2 unspecified atom stereocenters. The number of imide groups is 1. The van der Waals surface area contributed by atoms with Crippen LogP contribution in [-0.4, -0.2) is 91.9 Å². The number of likely N-dealkylation sites (N-methyl/N-ethyl adjacent to an activating group) is 1. The van der Waals surface area contributed by atoms with E-state index in [0.29, 0.717) is 71.1 Å². The van der Waals surface area contributed by atoms with Gasteiger partial charge in [-0.25, -0.2) is 0 Å². The molecule has 0 aromatic rings. The lowest BCUT2D eigenvalue weighted by atomic mass is 10.0. The largest absolute Gasteiger partial charge is 0.466 e. The van der Waals surface area contributed by atoms with Crippen molar-refractivity contribution in [2.75, 3.05) is 40.4 Å². The number of nitrogens with zero attached hydrogens (tertiary/aromatic N) is 2. The fourth-order valence-electron chi connectivity index (χ4n) is 8.30. The van der Waals surface area contributed by atoms with Crippen LogP contribution in [0.3, 0.4) is 0 Å². The number of allylic oxidation sites excluding steroid dienone is 8. The van der Waals surface area contributed by atoms with E-state index in [-0.39, 0.29) is 30.3 Å². The van der Waals surface area contributed by atoms with Crippen molar-refractivity contribution < 1.29 is 38.1 Å². The number of hydrogen-bond acceptors (Lipinski definition) is 9. The average molecular weight is 911 g/mol. The summed E-state index contributed by atoms with van der Waals surface area (Å²) in [5.74, 6) is -2.25. The molecule has 2 aliphatic heterocycles. The predicted molar refractivity (Wildman–Crippen MR) is 265 cm³/mol. The van der Waals surface area contributed by atoms with Crippen LogP contribution in [0.5, 0.6) is 0 Å². The molecule has 372 valence electrons. The van der Waals surface area contributed by atoms with E-state index >= 15 is 0 Å². The van der Waals surface area contributed by atoms with Crippen molar-refractivity contribution in [3.8, 4) is 0 Å². The predicted octanol–water partition coefficient (Wildman–Crippen LogP) is 13.2. The highest BCUT2D eigenvalue weighted by Crippen LogP contribution is 2.41. The smallest absolute Gasteiger partial charge is 0.305 e. The molecule has 0 N–H and O–H groups in total. The molecule has 0 bridgehead atoms. The molecular weight excluding hydrogens is 817 g/mol. The van der Waals surface area contributed by atoms with E-state index in [2.05, 4.69) is 62.5 Å². The van der Waals surface area contributed by atoms with Gasteiger partial charge in [0.2, 0.25) is 0 Å². The number of amides is 2. The third kappa shape index (κ3) is 28.6. The van der Waals surface area contributed by atoms with Crippen molar-refractivity contribution in [1.29, 1.82) is 0 Å². The van der Waals surface area contributed by atoms with Crippen LogP contribution in [0.4, 0.5) is 0 Å². The first kappa shape index (κ1) is 58.0. The minimum absolute atomic E-state index is 0.206. The quantitative estimate of drug-likeness (QED) is 0.0255. The number of carbonyl (C=O) groups excluding carboxylic acids is 4. The van der Waals surface area contributed by atoms with E-state index in [1.165, 1.54) is 94.8 Å². The highest BCUT2D eigenvalue weighted by atomic mass is 16.8. The Labute approximate surface area is 396 Å². The zero-order valence-electron chi connectivity index (χ0n) is 41.9. The summed E-state index contributed by atoms with van der Waals surface area (Å²) in [6.07, 6.45) is 48.3. The number of esters is 2. The summed E-state index contributed by atoms with van der Waals surface area (Å²) >= 11 is 0. The summed E-state index contributed by atoms with van der Waals surface area (Å²) in [4.78, 5) is 54.8. The van der Waals surface area contributed by atoms with Crippen LogP contribution < -0.4 is 0 Å². The van der Waals surface area contributed by atoms with E-state index in [0.717, 1.165) is 64.2 Å². The maximum Gasteiger partial charge on any atom is 0.305 e. The van der Waals surface area contributed by atoms with Crippen LogP contribution in [0.2, 0.25) is 0 Å². The Kier molecular flexibility index (Phi) is 34.8. The maximum absolute atomic E-state index is 13.3. The first-order valence-electron chi connectivity index (χ1n) is 26.5. The molecule has 2 amide bonds. The van der Waals surface area contributed by atoms with Gasteiger partial charge in [0.1, 0.15) is 0 Å². The lowest BCUT2D eigenvalue weighted by Crippen LogP contribution is -2.42. The van der Waals surface area contributed by atoms with Gasteiger partial charge in [0.05, 0.1) is 13.2 Å². The Hall–Kier alpha value is -3.08. The van der Waals surface area contributed by atoms with Gasteiger partial charge in [0.25, 0.3) is 11.8 Å². The first-order chi connectivity index (χ1) is 31.7. The summed E-state index contributed by atoms with van der Waals surface area (Å²) in [5, 5.41) is 0. The van der Waals surface area contributed by atoms with Crippen LogP contribution in [0.1, 0.15) is 219 Å². The number of carbonyl (C=O) groups is 4. The third-order valence-electron chi connectivity index (χ3n) is 12.3. The zero-order valence-corrected chi connectivity index (χ0v) is 41.9.